The summed E-state index contributed by atoms with van der Waals surface area (Å²) < 4.78 is 7.24. The van der Waals surface area contributed by atoms with Crippen LogP contribution < -0.4 is 4.90 Å². The summed E-state index contributed by atoms with van der Waals surface area (Å²) in [5.74, 6) is 1.88. The van der Waals surface area contributed by atoms with E-state index in [1.807, 2.05) is 48.5 Å². The molecule has 31 heavy (non-hydrogen) atoms. The number of pyridine rings is 1. The molecule has 7 heteroatoms. The number of H-pyrrole nitrogens is 1. The van der Waals surface area contributed by atoms with Crippen LogP contribution in [0.15, 0.2) is 71.7 Å². The molecule has 0 atom stereocenters. The van der Waals surface area contributed by atoms with Crippen LogP contribution in [0.3, 0.4) is 0 Å². The molecule has 0 amide bonds. The van der Waals surface area contributed by atoms with E-state index < -0.39 is 0 Å². The van der Waals surface area contributed by atoms with Crippen molar-refractivity contribution in [1.29, 1.82) is 0 Å². The lowest BCUT2D eigenvalue weighted by Crippen LogP contribution is -2.16. The fourth-order valence-corrected chi connectivity index (χ4v) is 3.81. The summed E-state index contributed by atoms with van der Waals surface area (Å²) in [6.45, 7) is 0.785. The van der Waals surface area contributed by atoms with E-state index in [-0.39, 0.29) is 0 Å². The molecule has 5 rings (SSSR count). The van der Waals surface area contributed by atoms with Crippen molar-refractivity contribution in [3.05, 3.63) is 84.5 Å². The third-order valence-electron chi connectivity index (χ3n) is 5.43. The molecule has 0 fully saturated rings. The second kappa shape index (κ2) is 8.10. The van der Waals surface area contributed by atoms with Gasteiger partial charge < -0.3 is 14.3 Å². The molecule has 7 nitrogen and oxygen atoms in total. The number of hydrogen-bond donors (Lipinski definition) is 1. The van der Waals surface area contributed by atoms with Crippen LogP contribution in [0.4, 0.5) is 5.69 Å². The van der Waals surface area contributed by atoms with Crippen molar-refractivity contribution in [1.82, 2.24) is 24.7 Å². The zero-order valence-corrected chi connectivity index (χ0v) is 17.6. The number of aryl methyl sites for hydroxylation is 3. The van der Waals surface area contributed by atoms with Gasteiger partial charge in [0.1, 0.15) is 17.1 Å². The Labute approximate surface area is 180 Å². The predicted octanol–water partition coefficient (Wildman–Crippen LogP) is 4.37. The minimum absolute atomic E-state index is 0.741. The lowest BCUT2D eigenvalue weighted by atomic mass is 10.1. The molecule has 5 aromatic rings. The maximum absolute atomic E-state index is 5.43. The zero-order valence-electron chi connectivity index (χ0n) is 17.6. The molecule has 1 N–H and O–H groups in total. The monoisotopic (exact) mass is 412 g/mol. The Morgan fingerprint density at radius 3 is 2.68 bits per heavy atom. The zero-order chi connectivity index (χ0) is 21.2. The predicted molar refractivity (Wildman–Crippen MR) is 121 cm³/mol. The van der Waals surface area contributed by atoms with Gasteiger partial charge in [-0.25, -0.2) is 9.97 Å². The van der Waals surface area contributed by atoms with Crippen molar-refractivity contribution in [2.45, 2.75) is 19.4 Å². The van der Waals surface area contributed by atoms with Gasteiger partial charge in [-0.1, -0.05) is 24.3 Å². The molecule has 0 unspecified atom stereocenters. The van der Waals surface area contributed by atoms with E-state index >= 15 is 0 Å². The number of rotatable bonds is 7. The summed E-state index contributed by atoms with van der Waals surface area (Å²) in [5, 5.41) is 4.25. The first-order valence-electron chi connectivity index (χ1n) is 10.3. The molecule has 4 heterocycles. The number of benzene rings is 1. The maximum atomic E-state index is 5.43. The van der Waals surface area contributed by atoms with E-state index in [4.69, 9.17) is 4.42 Å². The quantitative estimate of drug-likeness (QED) is 0.429. The summed E-state index contributed by atoms with van der Waals surface area (Å²) in [5.41, 5.74) is 6.31. The smallest absolute Gasteiger partial charge is 0.179 e. The van der Waals surface area contributed by atoms with E-state index in [9.17, 15) is 0 Å². The molecule has 0 bridgehead atoms. The Kier molecular flexibility index (Phi) is 5.00. The largest absolute Gasteiger partial charge is 0.469 e. The van der Waals surface area contributed by atoms with Gasteiger partial charge in [-0.15, -0.1) is 0 Å². The number of hydrogen-bond acceptors (Lipinski definition) is 5. The van der Waals surface area contributed by atoms with Gasteiger partial charge in [0.2, 0.25) is 0 Å². The van der Waals surface area contributed by atoms with Crippen molar-refractivity contribution < 1.29 is 4.42 Å². The number of anilines is 1. The number of aromatic amines is 1. The second-order valence-electron chi connectivity index (χ2n) is 7.75. The number of fused-ring (bicyclic) bond motifs is 1. The highest BCUT2D eigenvalue weighted by molar-refractivity contribution is 5.85. The first kappa shape index (κ1) is 19.1. The van der Waals surface area contributed by atoms with Crippen molar-refractivity contribution in [2.75, 3.05) is 11.9 Å². The molecule has 1 aromatic carbocycles. The van der Waals surface area contributed by atoms with Crippen LogP contribution in [0.25, 0.3) is 22.3 Å². The average Bonchev–Trinajstić information content (AvgIpc) is 3.53. The van der Waals surface area contributed by atoms with Gasteiger partial charge in [-0.3, -0.25) is 4.68 Å². The SMILES string of the molecule is CN(Cc1ccc(-c2cnn(C)c2)cc1)c1ccnc2nc(CCc3ccco3)[nH]c12. The van der Waals surface area contributed by atoms with E-state index in [1.54, 1.807) is 6.26 Å². The van der Waals surface area contributed by atoms with Crippen LogP contribution in [0.5, 0.6) is 0 Å². The first-order chi connectivity index (χ1) is 15.2. The van der Waals surface area contributed by atoms with E-state index in [0.717, 1.165) is 53.4 Å². The summed E-state index contributed by atoms with van der Waals surface area (Å²) in [4.78, 5) is 14.8. The lowest BCUT2D eigenvalue weighted by Gasteiger charge is -2.20. The Balaban J connectivity index is 1.32. The van der Waals surface area contributed by atoms with Gasteiger partial charge in [0.25, 0.3) is 0 Å². The van der Waals surface area contributed by atoms with Gasteiger partial charge in [-0.2, -0.15) is 5.10 Å². The standard InChI is InChI=1S/C24H24N6O/c1-29(15-17-5-7-18(8-6-17)19-14-26-30(2)16-19)21-11-12-25-24-23(21)27-22(28-24)10-9-20-4-3-13-31-20/h3-8,11-14,16H,9-10,15H2,1-2H3,(H,25,27,28). The third-order valence-corrected chi connectivity index (χ3v) is 5.43. The Morgan fingerprint density at radius 1 is 1.06 bits per heavy atom. The average molecular weight is 412 g/mol. The number of nitrogens with zero attached hydrogens (tertiary/aromatic N) is 5. The van der Waals surface area contributed by atoms with Gasteiger partial charge in [0.05, 0.1) is 18.1 Å². The van der Waals surface area contributed by atoms with Crippen molar-refractivity contribution in [3.8, 4) is 11.1 Å². The minimum atomic E-state index is 0.741. The molecule has 0 spiro atoms. The number of aromatic nitrogens is 5. The van der Waals surface area contributed by atoms with Crippen LogP contribution in [-0.2, 0) is 26.4 Å². The molecule has 0 aliphatic heterocycles. The van der Waals surface area contributed by atoms with E-state index in [1.165, 1.54) is 11.1 Å². The highest BCUT2D eigenvalue weighted by Crippen LogP contribution is 2.25. The van der Waals surface area contributed by atoms with Crippen LogP contribution in [-0.4, -0.2) is 31.8 Å². The highest BCUT2D eigenvalue weighted by Gasteiger charge is 2.13. The maximum Gasteiger partial charge on any atom is 0.179 e. The second-order valence-corrected chi connectivity index (χ2v) is 7.75. The molecule has 0 saturated heterocycles. The molecular weight excluding hydrogens is 388 g/mol. The number of nitrogens with one attached hydrogen (secondary N) is 1. The molecule has 156 valence electrons. The van der Waals surface area contributed by atoms with Crippen LogP contribution in [0, 0.1) is 0 Å². The molecule has 0 aliphatic rings. The number of imidazole rings is 1. The molecule has 0 saturated carbocycles. The van der Waals surface area contributed by atoms with Crippen LogP contribution in [0.2, 0.25) is 0 Å². The third kappa shape index (κ3) is 4.07. The first-order valence-corrected chi connectivity index (χ1v) is 10.3. The Morgan fingerprint density at radius 2 is 1.94 bits per heavy atom. The van der Waals surface area contributed by atoms with Gasteiger partial charge >= 0.3 is 0 Å². The van der Waals surface area contributed by atoms with Crippen molar-refractivity contribution in [2.24, 2.45) is 7.05 Å². The number of furan rings is 1. The summed E-state index contributed by atoms with van der Waals surface area (Å²) in [7, 11) is 4.02. The Bertz CT molecular complexity index is 1280. The van der Waals surface area contributed by atoms with Gasteiger partial charge in [0.15, 0.2) is 5.65 Å². The molecule has 4 aromatic heterocycles. The fraction of sp³-hybridized carbons (Fsp3) is 0.208. The summed E-state index contributed by atoms with van der Waals surface area (Å²) >= 11 is 0. The Hall–Kier alpha value is -3.87. The molecular formula is C24H24N6O. The summed E-state index contributed by atoms with van der Waals surface area (Å²) in [6.07, 6.45) is 9.01. The van der Waals surface area contributed by atoms with Crippen LogP contribution in [0.1, 0.15) is 17.1 Å². The van der Waals surface area contributed by atoms with Gasteiger partial charge in [0, 0.05) is 51.4 Å². The fourth-order valence-electron chi connectivity index (χ4n) is 3.81. The lowest BCUT2D eigenvalue weighted by molar-refractivity contribution is 0.507. The van der Waals surface area contributed by atoms with E-state index in [0.29, 0.717) is 0 Å². The van der Waals surface area contributed by atoms with E-state index in [2.05, 4.69) is 56.3 Å². The highest BCUT2D eigenvalue weighted by atomic mass is 16.3. The normalized spacial score (nSPS) is 11.3. The minimum Gasteiger partial charge on any atom is -0.469 e. The summed E-state index contributed by atoms with van der Waals surface area (Å²) in [6, 6.07) is 14.5. The van der Waals surface area contributed by atoms with Crippen molar-refractivity contribution >= 4 is 16.9 Å². The van der Waals surface area contributed by atoms with Crippen LogP contribution >= 0.6 is 0 Å². The van der Waals surface area contributed by atoms with Crippen molar-refractivity contribution in [3.63, 3.8) is 0 Å². The molecule has 0 radical (unpaired) electrons. The topological polar surface area (TPSA) is 75.8 Å². The molecule has 0 aliphatic carbocycles. The van der Waals surface area contributed by atoms with Gasteiger partial charge in [-0.05, 0) is 29.3 Å².